The Morgan fingerprint density at radius 2 is 1.77 bits per heavy atom. The molecule has 31 heavy (non-hydrogen) atoms. The van der Waals surface area contributed by atoms with Gasteiger partial charge in [-0.3, -0.25) is 14.8 Å². The van der Waals surface area contributed by atoms with Crippen molar-refractivity contribution in [1.82, 2.24) is 20.0 Å². The fraction of sp³-hybridized carbons (Fsp3) is 0.333. The maximum Gasteiger partial charge on any atom is 0.286 e. The molecular formula is C24H26Cl2N4O. The molecule has 1 fully saturated rings. The lowest BCUT2D eigenvalue weighted by Gasteiger charge is -2.26. The van der Waals surface area contributed by atoms with Crippen LogP contribution in [0.2, 0.25) is 10.0 Å². The normalized spacial score (nSPS) is 14.6. The summed E-state index contributed by atoms with van der Waals surface area (Å²) in [5.41, 5.74) is 7.16. The van der Waals surface area contributed by atoms with Crippen molar-refractivity contribution in [1.29, 1.82) is 0 Å². The highest BCUT2D eigenvalue weighted by atomic mass is 35.5. The third kappa shape index (κ3) is 4.64. The molecule has 0 unspecified atom stereocenters. The molecule has 1 saturated heterocycles. The Kier molecular flexibility index (Phi) is 6.65. The van der Waals surface area contributed by atoms with Crippen LogP contribution in [0.4, 0.5) is 0 Å². The van der Waals surface area contributed by atoms with Crippen LogP contribution in [0.1, 0.15) is 47.9 Å². The van der Waals surface area contributed by atoms with Crippen LogP contribution in [0, 0.1) is 6.92 Å². The second-order valence-electron chi connectivity index (χ2n) is 7.87. The maximum absolute atomic E-state index is 13.2. The number of aryl methyl sites for hydroxylation is 1. The van der Waals surface area contributed by atoms with Gasteiger partial charge in [-0.2, -0.15) is 0 Å². The van der Waals surface area contributed by atoms with Gasteiger partial charge in [0.2, 0.25) is 0 Å². The Balaban J connectivity index is 1.84. The minimum absolute atomic E-state index is 0.184. The van der Waals surface area contributed by atoms with E-state index in [1.165, 1.54) is 6.42 Å². The average Bonchev–Trinajstić information content (AvgIpc) is 3.14. The van der Waals surface area contributed by atoms with E-state index in [4.69, 9.17) is 28.2 Å². The van der Waals surface area contributed by atoms with Crippen molar-refractivity contribution in [3.8, 4) is 17.1 Å². The monoisotopic (exact) mass is 456 g/mol. The van der Waals surface area contributed by atoms with Gasteiger partial charge >= 0.3 is 0 Å². The van der Waals surface area contributed by atoms with Crippen LogP contribution < -0.4 is 5.43 Å². The van der Waals surface area contributed by atoms with Gasteiger partial charge in [0.25, 0.3) is 5.91 Å². The molecule has 1 aliphatic rings. The molecule has 162 valence electrons. The summed E-state index contributed by atoms with van der Waals surface area (Å²) in [5, 5.41) is 3.04. The van der Waals surface area contributed by atoms with Crippen molar-refractivity contribution in [2.75, 3.05) is 13.1 Å². The molecule has 0 aliphatic carbocycles. The van der Waals surface area contributed by atoms with Gasteiger partial charge in [0, 0.05) is 29.4 Å². The SMILES string of the molecule is CCc1c(C(=O)NN2CCCCC2)nc(-c2ccc(Cl)cc2Cl)n1-c1ccc(C)cc1. The number of hydrogen-bond acceptors (Lipinski definition) is 3. The van der Waals surface area contributed by atoms with Crippen molar-refractivity contribution in [3.05, 3.63) is 69.5 Å². The lowest BCUT2D eigenvalue weighted by molar-refractivity contribution is 0.0744. The molecule has 3 aromatic rings. The van der Waals surface area contributed by atoms with Crippen molar-refractivity contribution in [3.63, 3.8) is 0 Å². The highest BCUT2D eigenvalue weighted by Gasteiger charge is 2.26. The minimum atomic E-state index is -0.184. The molecule has 0 atom stereocenters. The third-order valence-electron chi connectivity index (χ3n) is 5.60. The zero-order valence-electron chi connectivity index (χ0n) is 17.8. The number of rotatable bonds is 5. The second-order valence-corrected chi connectivity index (χ2v) is 8.71. The van der Waals surface area contributed by atoms with Crippen molar-refractivity contribution < 1.29 is 4.79 Å². The van der Waals surface area contributed by atoms with Gasteiger partial charge in [0.15, 0.2) is 5.69 Å². The minimum Gasteiger partial charge on any atom is -0.296 e. The Morgan fingerprint density at radius 1 is 1.06 bits per heavy atom. The number of hydrogen-bond donors (Lipinski definition) is 1. The lowest BCUT2D eigenvalue weighted by Crippen LogP contribution is -2.45. The van der Waals surface area contributed by atoms with Crippen LogP contribution in [0.25, 0.3) is 17.1 Å². The first-order chi connectivity index (χ1) is 15.0. The van der Waals surface area contributed by atoms with Crippen LogP contribution in [0.5, 0.6) is 0 Å². The molecule has 2 heterocycles. The molecule has 2 aromatic carbocycles. The van der Waals surface area contributed by atoms with E-state index in [0.29, 0.717) is 28.0 Å². The standard InChI is InChI=1S/C24H26Cl2N4O/c1-3-21-22(24(31)28-29-13-5-4-6-14-29)27-23(19-12-9-17(25)15-20(19)26)30(21)18-10-7-16(2)8-11-18/h7-12,15H,3-6,13-14H2,1-2H3,(H,28,31). The summed E-state index contributed by atoms with van der Waals surface area (Å²) >= 11 is 12.7. The first-order valence-corrected chi connectivity index (χ1v) is 11.4. The number of halogens is 2. The highest BCUT2D eigenvalue weighted by molar-refractivity contribution is 6.36. The zero-order chi connectivity index (χ0) is 22.0. The average molecular weight is 457 g/mol. The van der Waals surface area contributed by atoms with Crippen molar-refractivity contribution in [2.45, 2.75) is 39.5 Å². The van der Waals surface area contributed by atoms with E-state index in [-0.39, 0.29) is 5.91 Å². The summed E-state index contributed by atoms with van der Waals surface area (Å²) < 4.78 is 2.03. The van der Waals surface area contributed by atoms with Gasteiger partial charge in [0.1, 0.15) is 5.82 Å². The fourth-order valence-corrected chi connectivity index (χ4v) is 4.48. The summed E-state index contributed by atoms with van der Waals surface area (Å²) in [5.74, 6) is 0.446. The summed E-state index contributed by atoms with van der Waals surface area (Å²) in [4.78, 5) is 18.0. The number of nitrogens with one attached hydrogen (secondary N) is 1. The zero-order valence-corrected chi connectivity index (χ0v) is 19.3. The predicted molar refractivity (Wildman–Crippen MR) is 126 cm³/mol. The molecule has 0 bridgehead atoms. The quantitative estimate of drug-likeness (QED) is 0.523. The van der Waals surface area contributed by atoms with Crippen molar-refractivity contribution in [2.24, 2.45) is 0 Å². The van der Waals surface area contributed by atoms with E-state index in [1.807, 2.05) is 41.6 Å². The van der Waals surface area contributed by atoms with Gasteiger partial charge in [0.05, 0.1) is 10.7 Å². The van der Waals surface area contributed by atoms with E-state index >= 15 is 0 Å². The van der Waals surface area contributed by atoms with Gasteiger partial charge < -0.3 is 0 Å². The van der Waals surface area contributed by atoms with Crippen molar-refractivity contribution >= 4 is 29.1 Å². The van der Waals surface area contributed by atoms with Gasteiger partial charge in [-0.25, -0.2) is 9.99 Å². The summed E-state index contributed by atoms with van der Waals surface area (Å²) in [6, 6.07) is 13.5. The highest BCUT2D eigenvalue weighted by Crippen LogP contribution is 2.33. The topological polar surface area (TPSA) is 50.2 Å². The van der Waals surface area contributed by atoms with E-state index in [1.54, 1.807) is 12.1 Å². The largest absolute Gasteiger partial charge is 0.296 e. The van der Waals surface area contributed by atoms with E-state index in [0.717, 1.165) is 48.4 Å². The number of benzene rings is 2. The predicted octanol–water partition coefficient (Wildman–Crippen LogP) is 5.85. The van der Waals surface area contributed by atoms with E-state index in [2.05, 4.69) is 17.6 Å². The smallest absolute Gasteiger partial charge is 0.286 e. The Labute approximate surface area is 193 Å². The molecule has 1 aliphatic heterocycles. The number of carbonyl (C=O) groups excluding carboxylic acids is 1. The number of piperidine rings is 1. The molecule has 4 rings (SSSR count). The third-order valence-corrected chi connectivity index (χ3v) is 6.15. The first kappa shape index (κ1) is 21.9. The van der Waals surface area contributed by atoms with Crippen LogP contribution in [0.15, 0.2) is 42.5 Å². The molecule has 0 radical (unpaired) electrons. The van der Waals surface area contributed by atoms with Gasteiger partial charge in [-0.15, -0.1) is 0 Å². The summed E-state index contributed by atoms with van der Waals surface area (Å²) in [6.07, 6.45) is 4.03. The lowest BCUT2D eigenvalue weighted by atomic mass is 10.1. The molecule has 0 saturated carbocycles. The Morgan fingerprint density at radius 3 is 2.42 bits per heavy atom. The molecule has 7 heteroatoms. The number of imidazole rings is 1. The van der Waals surface area contributed by atoms with Gasteiger partial charge in [-0.1, -0.05) is 54.2 Å². The second kappa shape index (κ2) is 9.43. The van der Waals surface area contributed by atoms with E-state index < -0.39 is 0 Å². The molecule has 1 aromatic heterocycles. The number of nitrogens with zero attached hydrogens (tertiary/aromatic N) is 3. The molecule has 1 amide bonds. The molecule has 5 nitrogen and oxygen atoms in total. The first-order valence-electron chi connectivity index (χ1n) is 10.7. The fourth-order valence-electron chi connectivity index (χ4n) is 3.99. The van der Waals surface area contributed by atoms with Crippen LogP contribution in [-0.2, 0) is 6.42 Å². The number of aromatic nitrogens is 2. The number of carbonyl (C=O) groups is 1. The number of hydrazine groups is 1. The molecular weight excluding hydrogens is 431 g/mol. The summed E-state index contributed by atoms with van der Waals surface area (Å²) in [6.45, 7) is 5.81. The van der Waals surface area contributed by atoms with Crippen LogP contribution >= 0.6 is 23.2 Å². The Hall–Kier alpha value is -2.34. The molecule has 0 spiro atoms. The van der Waals surface area contributed by atoms with Crippen LogP contribution in [0.3, 0.4) is 0 Å². The van der Waals surface area contributed by atoms with Crippen LogP contribution in [-0.4, -0.2) is 33.6 Å². The van der Waals surface area contributed by atoms with Gasteiger partial charge in [-0.05, 0) is 56.5 Å². The summed E-state index contributed by atoms with van der Waals surface area (Å²) in [7, 11) is 0. The van der Waals surface area contributed by atoms with E-state index in [9.17, 15) is 4.79 Å². The maximum atomic E-state index is 13.2. The Bertz CT molecular complexity index is 1090. The number of amides is 1. The molecule has 1 N–H and O–H groups in total.